The zero-order valence-corrected chi connectivity index (χ0v) is 15.1. The molecular weight excluding hydrogens is 350 g/mol. The molecular formula is C19H19N3O3S. The molecule has 7 heteroatoms. The highest BCUT2D eigenvalue weighted by Crippen LogP contribution is 2.23. The smallest absolute Gasteiger partial charge is 0.269 e. The maximum absolute atomic E-state index is 10.8. The van der Waals surface area contributed by atoms with Crippen molar-refractivity contribution in [1.82, 2.24) is 4.57 Å². The number of non-ortho nitro benzene ring substituents is 1. The summed E-state index contributed by atoms with van der Waals surface area (Å²) in [4.78, 5) is 15.9. The van der Waals surface area contributed by atoms with Crippen LogP contribution in [0, 0.1) is 10.1 Å². The molecule has 2 aromatic carbocycles. The molecule has 0 fully saturated rings. The summed E-state index contributed by atoms with van der Waals surface area (Å²) in [5.74, 6) is 0. The van der Waals surface area contributed by atoms with Crippen molar-refractivity contribution in [3.63, 3.8) is 0 Å². The van der Waals surface area contributed by atoms with Crippen molar-refractivity contribution in [1.29, 1.82) is 0 Å². The van der Waals surface area contributed by atoms with Crippen molar-refractivity contribution in [3.05, 3.63) is 74.4 Å². The van der Waals surface area contributed by atoms with Crippen molar-refractivity contribution < 1.29 is 10.0 Å². The molecule has 1 heterocycles. The number of aliphatic hydroxyl groups excluding tert-OH is 1. The van der Waals surface area contributed by atoms with Crippen LogP contribution in [0.3, 0.4) is 0 Å². The van der Waals surface area contributed by atoms with Crippen LogP contribution >= 0.6 is 11.3 Å². The summed E-state index contributed by atoms with van der Waals surface area (Å²) in [7, 11) is 0. The highest BCUT2D eigenvalue weighted by molar-refractivity contribution is 7.07. The number of hydrogen-bond acceptors (Lipinski definition) is 5. The van der Waals surface area contributed by atoms with Gasteiger partial charge in [-0.15, -0.1) is 11.3 Å². The molecule has 134 valence electrons. The van der Waals surface area contributed by atoms with Crippen LogP contribution in [0.4, 0.5) is 11.4 Å². The van der Waals surface area contributed by atoms with Crippen LogP contribution in [-0.2, 0) is 13.0 Å². The predicted octanol–water partition coefficient (Wildman–Crippen LogP) is 3.91. The van der Waals surface area contributed by atoms with E-state index in [0.29, 0.717) is 6.54 Å². The number of benzene rings is 2. The standard InChI is InChI=1S/C19H19N3O3S/c1-2-14-3-7-16(8-4-14)20-19-21(11-12-23)18(13-26-19)15-5-9-17(10-6-15)22(24)25/h3-10,13,23H,2,11-12H2,1H3. The van der Waals surface area contributed by atoms with Crippen LogP contribution in [0.5, 0.6) is 0 Å². The van der Waals surface area contributed by atoms with Crippen molar-refractivity contribution in [2.45, 2.75) is 19.9 Å². The van der Waals surface area contributed by atoms with Gasteiger partial charge in [-0.25, -0.2) is 4.99 Å². The molecule has 3 aromatic rings. The van der Waals surface area contributed by atoms with Gasteiger partial charge in [0.05, 0.1) is 22.9 Å². The third-order valence-corrected chi connectivity index (χ3v) is 4.93. The summed E-state index contributed by atoms with van der Waals surface area (Å²) >= 11 is 1.48. The summed E-state index contributed by atoms with van der Waals surface area (Å²) in [6.07, 6.45) is 0.980. The molecule has 0 bridgehead atoms. The Labute approximate surface area is 154 Å². The first-order chi connectivity index (χ1) is 12.6. The Morgan fingerprint density at radius 3 is 2.42 bits per heavy atom. The van der Waals surface area contributed by atoms with Gasteiger partial charge in [-0.1, -0.05) is 19.1 Å². The van der Waals surface area contributed by atoms with E-state index in [1.165, 1.54) is 29.0 Å². The van der Waals surface area contributed by atoms with Crippen LogP contribution in [0.1, 0.15) is 12.5 Å². The average molecular weight is 369 g/mol. The van der Waals surface area contributed by atoms with Gasteiger partial charge in [0.1, 0.15) is 0 Å². The first kappa shape index (κ1) is 18.0. The van der Waals surface area contributed by atoms with E-state index in [0.717, 1.165) is 28.2 Å². The molecule has 1 N–H and O–H groups in total. The molecule has 0 radical (unpaired) electrons. The topological polar surface area (TPSA) is 80.7 Å². The third-order valence-electron chi connectivity index (χ3n) is 4.06. The second-order valence-electron chi connectivity index (χ2n) is 5.71. The summed E-state index contributed by atoms with van der Waals surface area (Å²) in [5.41, 5.74) is 3.89. The van der Waals surface area contributed by atoms with E-state index in [-0.39, 0.29) is 12.3 Å². The number of nitro benzene ring substituents is 1. The van der Waals surface area contributed by atoms with Crippen LogP contribution < -0.4 is 4.80 Å². The second kappa shape index (κ2) is 8.07. The van der Waals surface area contributed by atoms with Gasteiger partial charge in [0.2, 0.25) is 0 Å². The van der Waals surface area contributed by atoms with Gasteiger partial charge in [-0.2, -0.15) is 0 Å². The van der Waals surface area contributed by atoms with Gasteiger partial charge in [-0.05, 0) is 41.8 Å². The predicted molar refractivity (Wildman–Crippen MR) is 103 cm³/mol. The first-order valence-corrected chi connectivity index (χ1v) is 9.18. The molecule has 1 aromatic heterocycles. The van der Waals surface area contributed by atoms with Gasteiger partial charge in [0.15, 0.2) is 4.80 Å². The summed E-state index contributed by atoms with van der Waals surface area (Å²) in [6.45, 7) is 2.50. The highest BCUT2D eigenvalue weighted by atomic mass is 32.1. The minimum absolute atomic E-state index is 0.0152. The number of aryl methyl sites for hydroxylation is 1. The van der Waals surface area contributed by atoms with E-state index in [4.69, 9.17) is 0 Å². The number of thiazole rings is 1. The van der Waals surface area contributed by atoms with Crippen LogP contribution in [0.25, 0.3) is 11.3 Å². The Bertz CT molecular complexity index is 957. The lowest BCUT2D eigenvalue weighted by Gasteiger charge is -2.07. The molecule has 0 saturated heterocycles. The number of rotatable bonds is 6. The fourth-order valence-corrected chi connectivity index (χ4v) is 3.59. The van der Waals surface area contributed by atoms with Crippen LogP contribution in [0.2, 0.25) is 0 Å². The lowest BCUT2D eigenvalue weighted by Crippen LogP contribution is -2.17. The van der Waals surface area contributed by atoms with Crippen molar-refractivity contribution >= 4 is 22.7 Å². The largest absolute Gasteiger partial charge is 0.395 e. The minimum atomic E-state index is -0.417. The zero-order chi connectivity index (χ0) is 18.5. The van der Waals surface area contributed by atoms with E-state index < -0.39 is 4.92 Å². The quantitative estimate of drug-likeness (QED) is 0.528. The fraction of sp³-hybridized carbons (Fsp3) is 0.211. The van der Waals surface area contributed by atoms with Gasteiger partial charge in [-0.3, -0.25) is 10.1 Å². The second-order valence-corrected chi connectivity index (χ2v) is 6.55. The molecule has 6 nitrogen and oxygen atoms in total. The molecule has 0 atom stereocenters. The Kier molecular flexibility index (Phi) is 5.60. The highest BCUT2D eigenvalue weighted by Gasteiger charge is 2.10. The van der Waals surface area contributed by atoms with Gasteiger partial charge in [0, 0.05) is 24.1 Å². The number of aliphatic hydroxyl groups is 1. The maximum atomic E-state index is 10.8. The van der Waals surface area contributed by atoms with Crippen molar-refractivity contribution in [2.24, 2.45) is 4.99 Å². The number of nitro groups is 1. The number of nitrogens with zero attached hydrogens (tertiary/aromatic N) is 3. The van der Waals surface area contributed by atoms with Crippen molar-refractivity contribution in [3.8, 4) is 11.3 Å². The molecule has 3 rings (SSSR count). The average Bonchev–Trinajstić information content (AvgIpc) is 3.05. The van der Waals surface area contributed by atoms with Crippen molar-refractivity contribution in [2.75, 3.05) is 6.61 Å². The third kappa shape index (κ3) is 3.89. The number of aromatic nitrogens is 1. The maximum Gasteiger partial charge on any atom is 0.269 e. The van der Waals surface area contributed by atoms with Gasteiger partial charge in [0.25, 0.3) is 5.69 Å². The minimum Gasteiger partial charge on any atom is -0.395 e. The van der Waals surface area contributed by atoms with Crippen LogP contribution in [0.15, 0.2) is 58.9 Å². The van der Waals surface area contributed by atoms with E-state index in [1.54, 1.807) is 12.1 Å². The Morgan fingerprint density at radius 1 is 1.15 bits per heavy atom. The molecule has 0 unspecified atom stereocenters. The SMILES string of the molecule is CCc1ccc(N=c2scc(-c3ccc([N+](=O)[O-])cc3)n2CCO)cc1. The fourth-order valence-electron chi connectivity index (χ4n) is 2.64. The zero-order valence-electron chi connectivity index (χ0n) is 14.3. The Hall–Kier alpha value is -2.77. The lowest BCUT2D eigenvalue weighted by atomic mass is 10.1. The van der Waals surface area contributed by atoms with E-state index in [9.17, 15) is 15.2 Å². The van der Waals surface area contributed by atoms with Gasteiger partial charge >= 0.3 is 0 Å². The molecule has 0 spiro atoms. The first-order valence-electron chi connectivity index (χ1n) is 8.30. The monoisotopic (exact) mass is 369 g/mol. The summed E-state index contributed by atoms with van der Waals surface area (Å²) in [5, 5.41) is 22.2. The summed E-state index contributed by atoms with van der Waals surface area (Å²) < 4.78 is 1.93. The Balaban J connectivity index is 2.02. The van der Waals surface area contributed by atoms with Gasteiger partial charge < -0.3 is 9.67 Å². The Morgan fingerprint density at radius 2 is 1.85 bits per heavy atom. The molecule has 0 aliphatic carbocycles. The normalized spacial score (nSPS) is 11.7. The number of hydrogen-bond donors (Lipinski definition) is 1. The molecule has 0 aliphatic rings. The van der Waals surface area contributed by atoms with Crippen LogP contribution in [-0.4, -0.2) is 21.2 Å². The molecule has 0 saturated carbocycles. The molecule has 0 amide bonds. The van der Waals surface area contributed by atoms with E-state index >= 15 is 0 Å². The molecule has 0 aliphatic heterocycles. The van der Waals surface area contributed by atoms with E-state index in [2.05, 4.69) is 24.0 Å². The van der Waals surface area contributed by atoms with E-state index in [1.807, 2.05) is 22.1 Å². The summed E-state index contributed by atoms with van der Waals surface area (Å²) in [6, 6.07) is 14.5. The lowest BCUT2D eigenvalue weighted by molar-refractivity contribution is -0.384. The molecule has 26 heavy (non-hydrogen) atoms.